The number of carbonyl (C=O) groups excluding carboxylic acids is 1. The van der Waals surface area contributed by atoms with Gasteiger partial charge in [0.2, 0.25) is 0 Å². The average molecular weight is 439 g/mol. The Bertz CT molecular complexity index is 955. The maximum absolute atomic E-state index is 12.0. The zero-order valence-corrected chi connectivity index (χ0v) is 19.4. The van der Waals surface area contributed by atoms with Gasteiger partial charge in [0, 0.05) is 6.08 Å². The summed E-state index contributed by atoms with van der Waals surface area (Å²) in [5.41, 5.74) is 4.30. The molecule has 2 aromatic rings. The topological polar surface area (TPSA) is 75.3 Å². The molecule has 0 atom stereocenters. The molecule has 1 heterocycles. The Morgan fingerprint density at radius 3 is 2.19 bits per heavy atom. The fourth-order valence-electron chi connectivity index (χ4n) is 3.10. The van der Waals surface area contributed by atoms with E-state index in [0.29, 0.717) is 11.5 Å². The molecule has 0 aliphatic carbocycles. The summed E-state index contributed by atoms with van der Waals surface area (Å²) in [6.45, 7) is 8.34. The monoisotopic (exact) mass is 439 g/mol. The van der Waals surface area contributed by atoms with E-state index in [4.69, 9.17) is 23.6 Å². The number of methoxy groups -OCH3 is 2. The largest absolute Gasteiger partial charge is 0.494 e. The highest BCUT2D eigenvalue weighted by atomic mass is 16.7. The standard InChI is InChI=1S/C24H30BNO6/c1-23(2)24(3,4)32-25(31-23)19-11-7-18(8-12-19)16-30-26-22(27)14-10-17-9-13-20(28-5)21(15-17)29-6/h7-15H,16H2,1-6H3,(H,26,27)/b14-10+. The van der Waals surface area contributed by atoms with Crippen molar-refractivity contribution >= 4 is 24.6 Å². The van der Waals surface area contributed by atoms with Crippen LogP contribution in [0.25, 0.3) is 6.08 Å². The molecule has 0 bridgehead atoms. The number of carbonyl (C=O) groups is 1. The summed E-state index contributed by atoms with van der Waals surface area (Å²) in [5, 5.41) is 0. The van der Waals surface area contributed by atoms with Crippen LogP contribution in [-0.4, -0.2) is 38.4 Å². The van der Waals surface area contributed by atoms with E-state index in [1.54, 1.807) is 32.4 Å². The highest BCUT2D eigenvalue weighted by Crippen LogP contribution is 2.36. The summed E-state index contributed by atoms with van der Waals surface area (Å²) < 4.78 is 22.6. The second kappa shape index (κ2) is 9.77. The first-order valence-corrected chi connectivity index (χ1v) is 10.4. The highest BCUT2D eigenvalue weighted by molar-refractivity contribution is 6.62. The molecule has 0 aromatic heterocycles. The van der Waals surface area contributed by atoms with Crippen LogP contribution in [0, 0.1) is 0 Å². The van der Waals surface area contributed by atoms with Crippen molar-refractivity contribution in [2.24, 2.45) is 0 Å². The van der Waals surface area contributed by atoms with Gasteiger partial charge < -0.3 is 18.8 Å². The molecule has 1 N–H and O–H groups in total. The van der Waals surface area contributed by atoms with Crippen LogP contribution in [-0.2, 0) is 25.5 Å². The van der Waals surface area contributed by atoms with Crippen LogP contribution in [0.3, 0.4) is 0 Å². The zero-order valence-electron chi connectivity index (χ0n) is 19.4. The predicted octanol–water partition coefficient (Wildman–Crippen LogP) is 3.26. The van der Waals surface area contributed by atoms with Crippen molar-refractivity contribution in [3.63, 3.8) is 0 Å². The maximum atomic E-state index is 12.0. The number of hydrogen-bond donors (Lipinski definition) is 1. The summed E-state index contributed by atoms with van der Waals surface area (Å²) in [6, 6.07) is 13.1. The van der Waals surface area contributed by atoms with Crippen molar-refractivity contribution in [1.82, 2.24) is 5.48 Å². The highest BCUT2D eigenvalue weighted by Gasteiger charge is 2.51. The molecule has 7 nitrogen and oxygen atoms in total. The third kappa shape index (κ3) is 5.51. The second-order valence-corrected chi connectivity index (χ2v) is 8.53. The minimum absolute atomic E-state index is 0.236. The van der Waals surface area contributed by atoms with Gasteiger partial charge in [-0.05, 0) is 62.5 Å². The van der Waals surface area contributed by atoms with E-state index in [-0.39, 0.29) is 23.7 Å². The van der Waals surface area contributed by atoms with Crippen LogP contribution >= 0.6 is 0 Å². The predicted molar refractivity (Wildman–Crippen MR) is 124 cm³/mol. The molecule has 1 aliphatic rings. The molecule has 8 heteroatoms. The summed E-state index contributed by atoms with van der Waals surface area (Å²) in [5.74, 6) is 0.853. The Morgan fingerprint density at radius 2 is 1.59 bits per heavy atom. The molecule has 3 rings (SSSR count). The average Bonchev–Trinajstić information content (AvgIpc) is 2.99. The quantitative estimate of drug-likeness (QED) is 0.387. The summed E-state index contributed by atoms with van der Waals surface area (Å²) in [6.07, 6.45) is 3.06. The minimum atomic E-state index is -0.406. The Labute approximate surface area is 189 Å². The van der Waals surface area contributed by atoms with Gasteiger partial charge in [0.15, 0.2) is 11.5 Å². The first kappa shape index (κ1) is 23.8. The number of hydroxylamine groups is 1. The SMILES string of the molecule is COc1ccc(/C=C/C(=O)NOCc2ccc(B3OC(C)(C)C(C)(C)O3)cc2)cc1OC. The van der Waals surface area contributed by atoms with Gasteiger partial charge in [-0.25, -0.2) is 5.48 Å². The molecule has 0 spiro atoms. The van der Waals surface area contributed by atoms with Crippen molar-refractivity contribution < 1.29 is 28.4 Å². The summed E-state index contributed by atoms with van der Waals surface area (Å²) in [4.78, 5) is 17.3. The van der Waals surface area contributed by atoms with Gasteiger partial charge in [0.1, 0.15) is 0 Å². The van der Waals surface area contributed by atoms with Gasteiger partial charge >= 0.3 is 7.12 Å². The number of rotatable bonds is 8. The smallest absolute Gasteiger partial charge is 0.493 e. The molecule has 0 unspecified atom stereocenters. The van der Waals surface area contributed by atoms with Crippen LogP contribution in [0.5, 0.6) is 11.5 Å². The zero-order chi connectivity index (χ0) is 23.4. The van der Waals surface area contributed by atoms with Crippen LogP contribution in [0.2, 0.25) is 0 Å². The molecule has 1 amide bonds. The fourth-order valence-corrected chi connectivity index (χ4v) is 3.10. The Hall–Kier alpha value is -2.81. The molecule has 2 aromatic carbocycles. The lowest BCUT2D eigenvalue weighted by Gasteiger charge is -2.32. The molecule has 170 valence electrons. The van der Waals surface area contributed by atoms with E-state index in [2.05, 4.69) is 5.48 Å². The lowest BCUT2D eigenvalue weighted by atomic mass is 9.79. The second-order valence-electron chi connectivity index (χ2n) is 8.53. The van der Waals surface area contributed by atoms with Crippen LogP contribution in [0.4, 0.5) is 0 Å². The van der Waals surface area contributed by atoms with Gasteiger partial charge in [-0.2, -0.15) is 0 Å². The molecule has 1 aliphatic heterocycles. The molecular formula is C24H30BNO6. The van der Waals surface area contributed by atoms with Crippen molar-refractivity contribution in [2.75, 3.05) is 14.2 Å². The first-order valence-electron chi connectivity index (χ1n) is 10.4. The molecule has 1 fully saturated rings. The molecular weight excluding hydrogens is 409 g/mol. The van der Waals surface area contributed by atoms with Crippen molar-refractivity contribution in [3.8, 4) is 11.5 Å². The molecule has 0 radical (unpaired) electrons. The Kier molecular flexibility index (Phi) is 7.28. The number of benzene rings is 2. The minimum Gasteiger partial charge on any atom is -0.493 e. The Balaban J connectivity index is 1.48. The molecule has 1 saturated heterocycles. The fraction of sp³-hybridized carbons (Fsp3) is 0.375. The normalized spacial score (nSPS) is 16.9. The van der Waals surface area contributed by atoms with Crippen molar-refractivity contribution in [3.05, 3.63) is 59.7 Å². The van der Waals surface area contributed by atoms with E-state index in [9.17, 15) is 4.79 Å². The summed E-state index contributed by atoms with van der Waals surface area (Å²) >= 11 is 0. The van der Waals surface area contributed by atoms with Crippen LogP contribution in [0.1, 0.15) is 38.8 Å². The molecule has 32 heavy (non-hydrogen) atoms. The van der Waals surface area contributed by atoms with Gasteiger partial charge in [-0.1, -0.05) is 30.3 Å². The van der Waals surface area contributed by atoms with Gasteiger partial charge in [-0.3, -0.25) is 9.63 Å². The number of hydrogen-bond acceptors (Lipinski definition) is 6. The van der Waals surface area contributed by atoms with E-state index in [1.165, 1.54) is 6.08 Å². The maximum Gasteiger partial charge on any atom is 0.494 e. The van der Waals surface area contributed by atoms with E-state index in [0.717, 1.165) is 16.6 Å². The van der Waals surface area contributed by atoms with Crippen molar-refractivity contribution in [1.29, 1.82) is 0 Å². The lowest BCUT2D eigenvalue weighted by Crippen LogP contribution is -2.41. The Morgan fingerprint density at radius 1 is 0.969 bits per heavy atom. The van der Waals surface area contributed by atoms with E-state index < -0.39 is 7.12 Å². The molecule has 0 saturated carbocycles. The van der Waals surface area contributed by atoms with Crippen LogP contribution in [0.15, 0.2) is 48.5 Å². The van der Waals surface area contributed by atoms with Gasteiger partial charge in [0.25, 0.3) is 5.91 Å². The number of nitrogens with one attached hydrogen (secondary N) is 1. The van der Waals surface area contributed by atoms with E-state index >= 15 is 0 Å². The van der Waals surface area contributed by atoms with Gasteiger partial charge in [0.05, 0.1) is 32.0 Å². The number of ether oxygens (including phenoxy) is 2. The number of amides is 1. The van der Waals surface area contributed by atoms with E-state index in [1.807, 2.05) is 58.0 Å². The lowest BCUT2D eigenvalue weighted by molar-refractivity contribution is -0.129. The van der Waals surface area contributed by atoms with Gasteiger partial charge in [-0.15, -0.1) is 0 Å². The van der Waals surface area contributed by atoms with Crippen molar-refractivity contribution in [2.45, 2.75) is 45.5 Å². The summed E-state index contributed by atoms with van der Waals surface area (Å²) in [7, 11) is 2.73. The third-order valence-corrected chi connectivity index (χ3v) is 5.75. The third-order valence-electron chi connectivity index (χ3n) is 5.75. The van der Waals surface area contributed by atoms with Crippen LogP contribution < -0.4 is 20.4 Å². The first-order chi connectivity index (χ1) is 15.1.